The predicted octanol–water partition coefficient (Wildman–Crippen LogP) is 1.48. The molecule has 0 aliphatic rings. The molecule has 29 heavy (non-hydrogen) atoms. The van der Waals surface area contributed by atoms with E-state index in [-0.39, 0.29) is 11.3 Å². The molecule has 0 fully saturated rings. The zero-order valence-electron chi connectivity index (χ0n) is 15.0. The summed E-state index contributed by atoms with van der Waals surface area (Å²) in [6, 6.07) is 7.77. The number of nitro benzene ring substituents is 1. The Bertz CT molecular complexity index is 1040. The van der Waals surface area contributed by atoms with Gasteiger partial charge in [0.2, 0.25) is 10.0 Å². The smallest absolute Gasteiger partial charge is 0.321 e. The molecule has 2 N–H and O–H groups in total. The fraction of sp³-hybridized carbons (Fsp3) is 0.176. The Morgan fingerprint density at radius 2 is 1.83 bits per heavy atom. The number of rotatable bonds is 9. The van der Waals surface area contributed by atoms with E-state index in [0.717, 1.165) is 24.3 Å². The molecule has 0 radical (unpaired) electrons. The minimum atomic E-state index is -4.24. The number of carbonyl (C=O) groups excluding carboxylic acids is 2. The van der Waals surface area contributed by atoms with Crippen LogP contribution in [0.2, 0.25) is 0 Å². The van der Waals surface area contributed by atoms with Gasteiger partial charge in [0.1, 0.15) is 18.0 Å². The average Bonchev–Trinajstić information content (AvgIpc) is 2.70. The maximum atomic E-state index is 12.8. The van der Waals surface area contributed by atoms with Crippen LogP contribution in [0.4, 0.5) is 15.8 Å². The monoisotopic (exact) mass is 425 g/mol. The van der Waals surface area contributed by atoms with Crippen molar-refractivity contribution in [2.24, 2.45) is 0 Å². The van der Waals surface area contributed by atoms with Crippen molar-refractivity contribution < 1.29 is 32.1 Å². The van der Waals surface area contributed by atoms with E-state index >= 15 is 0 Å². The summed E-state index contributed by atoms with van der Waals surface area (Å²) in [6.07, 6.45) is 0. The Morgan fingerprint density at radius 1 is 1.17 bits per heavy atom. The van der Waals surface area contributed by atoms with Crippen LogP contribution < -0.4 is 10.0 Å². The average molecular weight is 425 g/mol. The molecule has 12 heteroatoms. The van der Waals surface area contributed by atoms with Gasteiger partial charge in [-0.05, 0) is 36.4 Å². The zero-order chi connectivity index (χ0) is 21.6. The van der Waals surface area contributed by atoms with Gasteiger partial charge in [-0.25, -0.2) is 12.8 Å². The van der Waals surface area contributed by atoms with Gasteiger partial charge in [0.15, 0.2) is 12.4 Å². The fourth-order valence-corrected chi connectivity index (χ4v) is 3.18. The Hall–Kier alpha value is -3.38. The third-order valence-corrected chi connectivity index (χ3v) is 5.08. The molecule has 2 aromatic rings. The standard InChI is InChI=1S/C17H16FN3O7S/c1-19-14-7-6-13(8-15(14)21(24)25)29(26,27)20-9-17(23)28-10-16(22)11-2-4-12(18)5-3-11/h2-8,19-20H,9-10H2,1H3. The fourth-order valence-electron chi connectivity index (χ4n) is 2.19. The lowest BCUT2D eigenvalue weighted by Crippen LogP contribution is -2.31. The number of benzene rings is 2. The van der Waals surface area contributed by atoms with Gasteiger partial charge in [-0.1, -0.05) is 0 Å². The number of esters is 1. The van der Waals surface area contributed by atoms with Crippen LogP contribution >= 0.6 is 0 Å². The van der Waals surface area contributed by atoms with Crippen LogP contribution in [-0.2, 0) is 19.6 Å². The molecule has 0 saturated carbocycles. The van der Waals surface area contributed by atoms with Gasteiger partial charge in [0.05, 0.1) is 9.82 Å². The van der Waals surface area contributed by atoms with E-state index < -0.39 is 56.3 Å². The quantitative estimate of drug-likeness (QED) is 0.266. The van der Waals surface area contributed by atoms with Gasteiger partial charge in [0.25, 0.3) is 5.69 Å². The molecular weight excluding hydrogens is 409 g/mol. The van der Waals surface area contributed by atoms with Crippen LogP contribution in [0.5, 0.6) is 0 Å². The minimum Gasteiger partial charge on any atom is -0.456 e. The molecule has 2 rings (SSSR count). The summed E-state index contributed by atoms with van der Waals surface area (Å²) in [5.41, 5.74) is -0.216. The van der Waals surface area contributed by atoms with E-state index in [2.05, 4.69) is 5.32 Å². The number of ether oxygens (including phenoxy) is 1. The topological polar surface area (TPSA) is 145 Å². The van der Waals surface area contributed by atoms with Crippen LogP contribution in [0.15, 0.2) is 47.4 Å². The van der Waals surface area contributed by atoms with Crippen molar-refractivity contribution in [1.29, 1.82) is 0 Å². The molecule has 0 bridgehead atoms. The number of halogens is 1. The summed E-state index contributed by atoms with van der Waals surface area (Å²) in [5.74, 6) is -2.17. The third-order valence-electron chi connectivity index (χ3n) is 3.68. The molecule has 0 atom stereocenters. The van der Waals surface area contributed by atoms with E-state index in [0.29, 0.717) is 0 Å². The second-order valence-corrected chi connectivity index (χ2v) is 7.37. The first-order chi connectivity index (χ1) is 13.6. The number of hydrogen-bond donors (Lipinski definition) is 2. The van der Waals surface area contributed by atoms with Gasteiger partial charge in [-0.15, -0.1) is 0 Å². The van der Waals surface area contributed by atoms with Crippen molar-refractivity contribution >= 4 is 33.2 Å². The highest BCUT2D eigenvalue weighted by Gasteiger charge is 2.22. The SMILES string of the molecule is CNc1ccc(S(=O)(=O)NCC(=O)OCC(=O)c2ccc(F)cc2)cc1[N+](=O)[O-]. The van der Waals surface area contributed by atoms with Crippen LogP contribution in [0.25, 0.3) is 0 Å². The molecule has 0 amide bonds. The van der Waals surface area contributed by atoms with Crippen LogP contribution in [0, 0.1) is 15.9 Å². The van der Waals surface area contributed by atoms with E-state index in [4.69, 9.17) is 4.74 Å². The van der Waals surface area contributed by atoms with Gasteiger partial charge in [-0.2, -0.15) is 4.72 Å². The van der Waals surface area contributed by atoms with Gasteiger partial charge in [0, 0.05) is 18.7 Å². The predicted molar refractivity (Wildman–Crippen MR) is 99.5 cm³/mol. The lowest BCUT2D eigenvalue weighted by Gasteiger charge is -2.09. The first-order valence-corrected chi connectivity index (χ1v) is 9.52. The maximum Gasteiger partial charge on any atom is 0.321 e. The van der Waals surface area contributed by atoms with Crippen molar-refractivity contribution in [2.75, 3.05) is 25.5 Å². The summed E-state index contributed by atoms with van der Waals surface area (Å²) in [6.45, 7) is -1.45. The Balaban J connectivity index is 1.96. The number of anilines is 1. The molecule has 10 nitrogen and oxygen atoms in total. The van der Waals surface area contributed by atoms with E-state index in [1.54, 1.807) is 0 Å². The molecule has 0 aromatic heterocycles. The van der Waals surface area contributed by atoms with Crippen molar-refractivity contribution in [2.45, 2.75) is 4.90 Å². The Labute approximate surface area is 164 Å². The summed E-state index contributed by atoms with van der Waals surface area (Å²) in [7, 11) is -2.80. The Morgan fingerprint density at radius 3 is 2.41 bits per heavy atom. The summed E-state index contributed by atoms with van der Waals surface area (Å²) >= 11 is 0. The largest absolute Gasteiger partial charge is 0.456 e. The van der Waals surface area contributed by atoms with E-state index in [9.17, 15) is 32.5 Å². The normalized spacial score (nSPS) is 11.0. The number of sulfonamides is 1. The van der Waals surface area contributed by atoms with Crippen molar-refractivity contribution in [3.8, 4) is 0 Å². The Kier molecular flexibility index (Phi) is 6.96. The second-order valence-electron chi connectivity index (χ2n) is 5.60. The number of nitro groups is 1. The lowest BCUT2D eigenvalue weighted by molar-refractivity contribution is -0.384. The molecule has 0 aliphatic carbocycles. The maximum absolute atomic E-state index is 12.8. The molecule has 0 aliphatic heterocycles. The van der Waals surface area contributed by atoms with Gasteiger partial charge in [-0.3, -0.25) is 19.7 Å². The summed E-state index contributed by atoms with van der Waals surface area (Å²) in [4.78, 5) is 33.4. The van der Waals surface area contributed by atoms with Crippen LogP contribution in [-0.4, -0.2) is 45.3 Å². The van der Waals surface area contributed by atoms with Crippen molar-refractivity contribution in [1.82, 2.24) is 4.72 Å². The molecule has 0 heterocycles. The molecule has 154 valence electrons. The van der Waals surface area contributed by atoms with Crippen molar-refractivity contribution in [3.63, 3.8) is 0 Å². The van der Waals surface area contributed by atoms with Crippen molar-refractivity contribution in [3.05, 3.63) is 64.0 Å². The lowest BCUT2D eigenvalue weighted by atomic mass is 10.1. The molecule has 0 spiro atoms. The second kappa shape index (κ2) is 9.21. The molecule has 2 aromatic carbocycles. The number of nitrogens with one attached hydrogen (secondary N) is 2. The first-order valence-electron chi connectivity index (χ1n) is 8.04. The van der Waals surface area contributed by atoms with Crippen LogP contribution in [0.3, 0.4) is 0 Å². The molecule has 0 saturated heterocycles. The number of hydrogen-bond acceptors (Lipinski definition) is 8. The summed E-state index contributed by atoms with van der Waals surface area (Å²) < 4.78 is 43.9. The van der Waals surface area contributed by atoms with E-state index in [1.807, 2.05) is 4.72 Å². The third kappa shape index (κ3) is 5.80. The highest BCUT2D eigenvalue weighted by atomic mass is 32.2. The zero-order valence-corrected chi connectivity index (χ0v) is 15.9. The number of Topliss-reactive ketones (excluding diaryl/α,β-unsaturated/α-hetero) is 1. The number of nitrogens with zero attached hydrogens (tertiary/aromatic N) is 1. The highest BCUT2D eigenvalue weighted by Crippen LogP contribution is 2.26. The van der Waals surface area contributed by atoms with E-state index in [1.165, 1.54) is 25.2 Å². The highest BCUT2D eigenvalue weighted by molar-refractivity contribution is 7.89. The first kappa shape index (κ1) is 21.9. The molecule has 0 unspecified atom stereocenters. The summed E-state index contributed by atoms with van der Waals surface area (Å²) in [5, 5.41) is 13.6. The number of carbonyl (C=O) groups is 2. The molecular formula is C17H16FN3O7S. The van der Waals surface area contributed by atoms with Gasteiger partial charge >= 0.3 is 5.97 Å². The minimum absolute atomic E-state index is 0.118. The van der Waals surface area contributed by atoms with Crippen LogP contribution in [0.1, 0.15) is 10.4 Å². The van der Waals surface area contributed by atoms with Gasteiger partial charge < -0.3 is 10.1 Å². The number of ketones is 1.